The molecule has 0 aliphatic rings. The van der Waals surface area contributed by atoms with Crippen molar-refractivity contribution in [1.82, 2.24) is 4.98 Å². The van der Waals surface area contributed by atoms with Gasteiger partial charge in [-0.25, -0.2) is 4.98 Å². The van der Waals surface area contributed by atoms with Crippen molar-refractivity contribution < 1.29 is 4.92 Å². The summed E-state index contributed by atoms with van der Waals surface area (Å²) in [4.78, 5) is 14.6. The fourth-order valence-electron chi connectivity index (χ4n) is 1.21. The van der Waals surface area contributed by atoms with E-state index in [1.807, 2.05) is 20.8 Å². The first-order valence-corrected chi connectivity index (χ1v) is 4.94. The van der Waals surface area contributed by atoms with Gasteiger partial charge < -0.3 is 5.32 Å². The molecule has 82 valence electrons. The summed E-state index contributed by atoms with van der Waals surface area (Å²) in [6, 6.07) is 2.97. The van der Waals surface area contributed by atoms with E-state index in [-0.39, 0.29) is 11.6 Å². The number of hydrogen-bond donors (Lipinski definition) is 1. The zero-order valence-corrected chi connectivity index (χ0v) is 9.15. The molecule has 1 rings (SSSR count). The lowest BCUT2D eigenvalue weighted by Gasteiger charge is -2.08. The molecule has 0 spiro atoms. The minimum absolute atomic E-state index is 0.0876. The van der Waals surface area contributed by atoms with Crippen LogP contribution < -0.4 is 5.32 Å². The Hall–Kier alpha value is -1.65. The molecular weight excluding hydrogens is 194 g/mol. The van der Waals surface area contributed by atoms with Crippen LogP contribution in [0.5, 0.6) is 0 Å². The summed E-state index contributed by atoms with van der Waals surface area (Å²) in [5, 5.41) is 13.7. The molecule has 1 heterocycles. The summed E-state index contributed by atoms with van der Waals surface area (Å²) in [6.45, 7) is 6.55. The molecule has 0 atom stereocenters. The lowest BCUT2D eigenvalue weighted by molar-refractivity contribution is -0.384. The number of hydrogen-bond acceptors (Lipinski definition) is 4. The van der Waals surface area contributed by atoms with Crippen LogP contribution in [0.3, 0.4) is 0 Å². The number of anilines is 1. The van der Waals surface area contributed by atoms with Crippen LogP contribution >= 0.6 is 0 Å². The summed E-state index contributed by atoms with van der Waals surface area (Å²) < 4.78 is 0. The molecule has 1 aromatic heterocycles. The van der Waals surface area contributed by atoms with E-state index in [9.17, 15) is 10.1 Å². The molecule has 1 aromatic rings. The molecule has 0 bridgehead atoms. The van der Waals surface area contributed by atoms with E-state index < -0.39 is 4.92 Å². The van der Waals surface area contributed by atoms with Gasteiger partial charge in [0, 0.05) is 12.6 Å². The number of nitrogens with zero attached hydrogens (tertiary/aromatic N) is 2. The SMILES string of the molecule is CCNc1cc([N+](=O)[O-])cc(C(C)C)n1. The van der Waals surface area contributed by atoms with Crippen LogP contribution in [0.15, 0.2) is 12.1 Å². The number of aromatic nitrogens is 1. The summed E-state index contributed by atoms with van der Waals surface area (Å²) in [7, 11) is 0. The van der Waals surface area contributed by atoms with Crippen molar-refractivity contribution in [1.29, 1.82) is 0 Å². The maximum Gasteiger partial charge on any atom is 0.274 e. The first-order valence-electron chi connectivity index (χ1n) is 4.94. The molecule has 0 unspecified atom stereocenters. The second-order valence-corrected chi connectivity index (χ2v) is 3.58. The predicted octanol–water partition coefficient (Wildman–Crippen LogP) is 2.55. The predicted molar refractivity (Wildman–Crippen MR) is 59.1 cm³/mol. The number of rotatable bonds is 4. The molecule has 15 heavy (non-hydrogen) atoms. The molecule has 0 aliphatic carbocycles. The standard InChI is InChI=1S/C10H15N3O2/c1-4-11-10-6-8(13(14)15)5-9(12-10)7(2)3/h5-7H,4H2,1-3H3,(H,11,12). The van der Waals surface area contributed by atoms with Crippen LogP contribution in [0, 0.1) is 10.1 Å². The van der Waals surface area contributed by atoms with Gasteiger partial charge in [0.15, 0.2) is 0 Å². The van der Waals surface area contributed by atoms with Crippen molar-refractivity contribution in [3.05, 3.63) is 27.9 Å². The van der Waals surface area contributed by atoms with E-state index in [2.05, 4.69) is 10.3 Å². The second kappa shape index (κ2) is 4.72. The van der Waals surface area contributed by atoms with E-state index >= 15 is 0 Å². The molecule has 0 radical (unpaired) electrons. The first kappa shape index (κ1) is 11.4. The van der Waals surface area contributed by atoms with Crippen LogP contribution in [0.2, 0.25) is 0 Å². The van der Waals surface area contributed by atoms with Gasteiger partial charge in [-0.3, -0.25) is 10.1 Å². The topological polar surface area (TPSA) is 68.1 Å². The average Bonchev–Trinajstić information content (AvgIpc) is 2.17. The van der Waals surface area contributed by atoms with Crippen molar-refractivity contribution in [3.63, 3.8) is 0 Å². The van der Waals surface area contributed by atoms with Crippen molar-refractivity contribution >= 4 is 11.5 Å². The maximum absolute atomic E-state index is 10.7. The first-order chi connectivity index (χ1) is 7.04. The normalized spacial score (nSPS) is 10.4. The van der Waals surface area contributed by atoms with Gasteiger partial charge in [-0.2, -0.15) is 0 Å². The van der Waals surface area contributed by atoms with E-state index in [0.717, 1.165) is 5.69 Å². The third kappa shape index (κ3) is 2.90. The highest BCUT2D eigenvalue weighted by molar-refractivity contribution is 5.46. The molecule has 0 fully saturated rings. The second-order valence-electron chi connectivity index (χ2n) is 3.58. The average molecular weight is 209 g/mol. The number of nitrogens with one attached hydrogen (secondary N) is 1. The maximum atomic E-state index is 10.7. The summed E-state index contributed by atoms with van der Waals surface area (Å²) in [5.41, 5.74) is 0.824. The smallest absolute Gasteiger partial charge is 0.274 e. The van der Waals surface area contributed by atoms with Crippen LogP contribution in [0.1, 0.15) is 32.4 Å². The molecule has 0 aliphatic heterocycles. The Kier molecular flexibility index (Phi) is 3.60. The van der Waals surface area contributed by atoms with E-state index in [1.165, 1.54) is 12.1 Å². The lowest BCUT2D eigenvalue weighted by atomic mass is 10.1. The van der Waals surface area contributed by atoms with Gasteiger partial charge in [-0.15, -0.1) is 0 Å². The van der Waals surface area contributed by atoms with Crippen LogP contribution in [-0.4, -0.2) is 16.5 Å². The fourth-order valence-corrected chi connectivity index (χ4v) is 1.21. The molecule has 0 saturated carbocycles. The van der Waals surface area contributed by atoms with Gasteiger partial charge in [0.25, 0.3) is 5.69 Å². The van der Waals surface area contributed by atoms with Gasteiger partial charge in [0.1, 0.15) is 5.82 Å². The van der Waals surface area contributed by atoms with E-state index in [4.69, 9.17) is 0 Å². The van der Waals surface area contributed by atoms with Gasteiger partial charge >= 0.3 is 0 Å². The molecular formula is C10H15N3O2. The molecule has 0 saturated heterocycles. The zero-order chi connectivity index (χ0) is 11.4. The highest BCUT2D eigenvalue weighted by atomic mass is 16.6. The minimum Gasteiger partial charge on any atom is -0.370 e. The monoisotopic (exact) mass is 209 g/mol. The fraction of sp³-hybridized carbons (Fsp3) is 0.500. The highest BCUT2D eigenvalue weighted by Gasteiger charge is 2.12. The Balaban J connectivity index is 3.14. The van der Waals surface area contributed by atoms with E-state index in [1.54, 1.807) is 0 Å². The highest BCUT2D eigenvalue weighted by Crippen LogP contribution is 2.22. The Morgan fingerprint density at radius 3 is 2.67 bits per heavy atom. The van der Waals surface area contributed by atoms with Crippen LogP contribution in [0.4, 0.5) is 11.5 Å². The summed E-state index contributed by atoms with van der Waals surface area (Å²) in [6.07, 6.45) is 0. The summed E-state index contributed by atoms with van der Waals surface area (Å²) >= 11 is 0. The Labute approximate surface area is 88.7 Å². The Morgan fingerprint density at radius 2 is 2.20 bits per heavy atom. The Bertz CT molecular complexity index is 364. The molecule has 5 nitrogen and oxygen atoms in total. The van der Waals surface area contributed by atoms with Crippen molar-refractivity contribution in [3.8, 4) is 0 Å². The van der Waals surface area contributed by atoms with Crippen LogP contribution in [-0.2, 0) is 0 Å². The minimum atomic E-state index is -0.394. The van der Waals surface area contributed by atoms with Crippen LogP contribution in [0.25, 0.3) is 0 Å². The van der Waals surface area contributed by atoms with Crippen molar-refractivity contribution in [2.45, 2.75) is 26.7 Å². The number of nitro groups is 1. The third-order valence-corrected chi connectivity index (χ3v) is 1.99. The third-order valence-electron chi connectivity index (χ3n) is 1.99. The quantitative estimate of drug-likeness (QED) is 0.611. The molecule has 1 N–H and O–H groups in total. The van der Waals surface area contributed by atoms with Crippen molar-refractivity contribution in [2.75, 3.05) is 11.9 Å². The largest absolute Gasteiger partial charge is 0.370 e. The zero-order valence-electron chi connectivity index (χ0n) is 9.15. The Morgan fingerprint density at radius 1 is 1.53 bits per heavy atom. The summed E-state index contributed by atoms with van der Waals surface area (Å²) in [5.74, 6) is 0.748. The van der Waals surface area contributed by atoms with Gasteiger partial charge in [-0.05, 0) is 12.8 Å². The lowest BCUT2D eigenvalue weighted by Crippen LogP contribution is -2.04. The molecule has 0 aromatic carbocycles. The molecule has 5 heteroatoms. The van der Waals surface area contributed by atoms with Gasteiger partial charge in [0.2, 0.25) is 0 Å². The van der Waals surface area contributed by atoms with E-state index in [0.29, 0.717) is 12.4 Å². The van der Waals surface area contributed by atoms with Crippen molar-refractivity contribution in [2.24, 2.45) is 0 Å². The van der Waals surface area contributed by atoms with Gasteiger partial charge in [-0.1, -0.05) is 13.8 Å². The number of pyridine rings is 1. The van der Waals surface area contributed by atoms with Gasteiger partial charge in [0.05, 0.1) is 16.7 Å². The molecule has 0 amide bonds.